The van der Waals surface area contributed by atoms with Gasteiger partial charge < -0.3 is 0 Å². The van der Waals surface area contributed by atoms with Crippen molar-refractivity contribution >= 4 is 0 Å². The number of hydrogen-bond donors (Lipinski definition) is 0. The highest BCUT2D eigenvalue weighted by Gasteiger charge is 2.20. The van der Waals surface area contributed by atoms with Crippen molar-refractivity contribution in [3.63, 3.8) is 0 Å². The second-order valence-electron chi connectivity index (χ2n) is 3.66. The first-order valence-electron chi connectivity index (χ1n) is 4.63. The monoisotopic (exact) mass is 155 g/mol. The molecule has 2 heteroatoms. The lowest BCUT2D eigenvalue weighted by molar-refractivity contribution is 0.350. The maximum Gasteiger partial charge on any atom is 0.0813 e. The van der Waals surface area contributed by atoms with Crippen LogP contribution in [0.15, 0.2) is 5.18 Å². The summed E-state index contributed by atoms with van der Waals surface area (Å²) in [6, 6.07) is 0. The van der Waals surface area contributed by atoms with E-state index in [1.807, 2.05) is 0 Å². The molecule has 0 aromatic rings. The average Bonchev–Trinajstić information content (AvgIpc) is 2.52. The van der Waals surface area contributed by atoms with Crippen LogP contribution in [-0.4, -0.2) is 6.54 Å². The van der Waals surface area contributed by atoms with Crippen molar-refractivity contribution < 1.29 is 0 Å². The van der Waals surface area contributed by atoms with Crippen molar-refractivity contribution in [3.8, 4) is 0 Å². The molecule has 0 spiro atoms. The van der Waals surface area contributed by atoms with Crippen LogP contribution < -0.4 is 0 Å². The molecule has 64 valence electrons. The van der Waals surface area contributed by atoms with Gasteiger partial charge in [-0.05, 0) is 18.3 Å². The minimum absolute atomic E-state index is 0.512. The fraction of sp³-hybridized carbons (Fsp3) is 1.00. The van der Waals surface area contributed by atoms with Gasteiger partial charge >= 0.3 is 0 Å². The molecule has 0 bridgehead atoms. The molecule has 1 aliphatic rings. The van der Waals surface area contributed by atoms with Gasteiger partial charge in [0.05, 0.1) is 6.54 Å². The van der Waals surface area contributed by atoms with Crippen molar-refractivity contribution in [3.05, 3.63) is 4.91 Å². The van der Waals surface area contributed by atoms with Gasteiger partial charge in [0.25, 0.3) is 0 Å². The van der Waals surface area contributed by atoms with Gasteiger partial charge in [0.2, 0.25) is 0 Å². The van der Waals surface area contributed by atoms with E-state index in [0.717, 1.165) is 18.3 Å². The molecule has 0 amide bonds. The topological polar surface area (TPSA) is 29.4 Å². The first kappa shape index (κ1) is 8.69. The molecule has 1 fully saturated rings. The highest BCUT2D eigenvalue weighted by molar-refractivity contribution is 4.72. The molecule has 0 N–H and O–H groups in total. The van der Waals surface area contributed by atoms with Crippen LogP contribution in [0, 0.1) is 16.7 Å². The summed E-state index contributed by atoms with van der Waals surface area (Å²) in [5, 5.41) is 2.90. The van der Waals surface area contributed by atoms with Crippen LogP contribution >= 0.6 is 0 Å². The Balaban J connectivity index is 2.16. The van der Waals surface area contributed by atoms with Crippen molar-refractivity contribution in [1.29, 1.82) is 0 Å². The molecule has 0 aromatic heterocycles. The molecule has 1 rings (SSSR count). The summed E-state index contributed by atoms with van der Waals surface area (Å²) in [6.45, 7) is 2.76. The summed E-state index contributed by atoms with van der Waals surface area (Å²) in [5.74, 6) is 1.60. The van der Waals surface area contributed by atoms with Crippen molar-refractivity contribution in [2.24, 2.45) is 17.0 Å². The van der Waals surface area contributed by atoms with Crippen LogP contribution in [0.4, 0.5) is 0 Å². The zero-order valence-electron chi connectivity index (χ0n) is 7.25. The number of hydrogen-bond acceptors (Lipinski definition) is 2. The maximum atomic E-state index is 9.87. The van der Waals surface area contributed by atoms with E-state index in [1.54, 1.807) is 0 Å². The Bertz CT molecular complexity index is 119. The van der Waals surface area contributed by atoms with Crippen LogP contribution in [-0.2, 0) is 0 Å². The minimum Gasteiger partial charge on any atom is -0.151 e. The summed E-state index contributed by atoms with van der Waals surface area (Å²) >= 11 is 0. The Morgan fingerprint density at radius 3 is 2.64 bits per heavy atom. The van der Waals surface area contributed by atoms with Crippen molar-refractivity contribution in [1.82, 2.24) is 0 Å². The van der Waals surface area contributed by atoms with Gasteiger partial charge in [-0.2, -0.15) is 4.91 Å². The van der Waals surface area contributed by atoms with Gasteiger partial charge in [-0.3, -0.25) is 0 Å². The molecular formula is C9H17NO. The van der Waals surface area contributed by atoms with E-state index in [4.69, 9.17) is 0 Å². The Morgan fingerprint density at radius 1 is 1.45 bits per heavy atom. The predicted octanol–water partition coefficient (Wildman–Crippen LogP) is 2.97. The molecular weight excluding hydrogens is 138 g/mol. The molecule has 1 atom stereocenters. The zero-order valence-corrected chi connectivity index (χ0v) is 7.25. The first-order valence-corrected chi connectivity index (χ1v) is 4.63. The summed E-state index contributed by atoms with van der Waals surface area (Å²) < 4.78 is 0. The third-order valence-electron chi connectivity index (χ3n) is 2.88. The van der Waals surface area contributed by atoms with E-state index < -0.39 is 0 Å². The molecule has 11 heavy (non-hydrogen) atoms. The average molecular weight is 155 g/mol. The van der Waals surface area contributed by atoms with Crippen LogP contribution in [0.3, 0.4) is 0 Å². The smallest absolute Gasteiger partial charge is 0.0813 e. The Kier molecular flexibility index (Phi) is 3.53. The largest absolute Gasteiger partial charge is 0.151 e. The summed E-state index contributed by atoms with van der Waals surface area (Å²) in [7, 11) is 0. The molecule has 0 aliphatic heterocycles. The lowest BCUT2D eigenvalue weighted by Crippen LogP contribution is -2.08. The molecule has 1 aliphatic carbocycles. The van der Waals surface area contributed by atoms with E-state index in [1.165, 1.54) is 25.7 Å². The van der Waals surface area contributed by atoms with Crippen LogP contribution in [0.1, 0.15) is 39.0 Å². The molecule has 0 heterocycles. The van der Waals surface area contributed by atoms with Crippen molar-refractivity contribution in [2.75, 3.05) is 6.54 Å². The highest BCUT2D eigenvalue weighted by atomic mass is 16.3. The molecule has 2 nitrogen and oxygen atoms in total. The Morgan fingerprint density at radius 2 is 2.09 bits per heavy atom. The fourth-order valence-electron chi connectivity index (χ4n) is 2.02. The third kappa shape index (κ3) is 2.60. The predicted molar refractivity (Wildman–Crippen MR) is 46.4 cm³/mol. The van der Waals surface area contributed by atoms with Gasteiger partial charge in [0.15, 0.2) is 0 Å². The number of rotatable bonds is 4. The van der Waals surface area contributed by atoms with Gasteiger partial charge in [-0.1, -0.05) is 37.8 Å². The second-order valence-corrected chi connectivity index (χ2v) is 3.66. The zero-order chi connectivity index (χ0) is 8.10. The van der Waals surface area contributed by atoms with Gasteiger partial charge in [0.1, 0.15) is 0 Å². The van der Waals surface area contributed by atoms with E-state index in [-0.39, 0.29) is 0 Å². The summed E-state index contributed by atoms with van der Waals surface area (Å²) in [6.07, 6.45) is 6.53. The van der Waals surface area contributed by atoms with Crippen LogP contribution in [0.2, 0.25) is 0 Å². The molecule has 1 unspecified atom stereocenters. The first-order chi connectivity index (χ1) is 5.34. The number of nitrogens with zero attached hydrogens (tertiary/aromatic N) is 1. The molecule has 1 saturated carbocycles. The van der Waals surface area contributed by atoms with Crippen LogP contribution in [0.5, 0.6) is 0 Å². The summed E-state index contributed by atoms with van der Waals surface area (Å²) in [4.78, 5) is 9.87. The standard InChI is InChI=1S/C9H17NO/c1-8(6-7-10-11)9-4-2-3-5-9/h8-9H,2-7H2,1H3. The second kappa shape index (κ2) is 4.47. The van der Waals surface area contributed by atoms with Crippen LogP contribution in [0.25, 0.3) is 0 Å². The van der Waals surface area contributed by atoms with Gasteiger partial charge in [-0.25, -0.2) is 0 Å². The minimum atomic E-state index is 0.512. The van der Waals surface area contributed by atoms with E-state index in [9.17, 15) is 4.91 Å². The summed E-state index contributed by atoms with van der Waals surface area (Å²) in [5.41, 5.74) is 0. The Hall–Kier alpha value is -0.400. The number of nitroso groups, excluding NO2 is 1. The van der Waals surface area contributed by atoms with E-state index >= 15 is 0 Å². The molecule has 0 radical (unpaired) electrons. The molecule has 0 aromatic carbocycles. The lowest BCUT2D eigenvalue weighted by Gasteiger charge is -2.16. The van der Waals surface area contributed by atoms with Gasteiger partial charge in [0, 0.05) is 0 Å². The molecule has 0 saturated heterocycles. The Labute approximate surface area is 68.3 Å². The lowest BCUT2D eigenvalue weighted by atomic mass is 9.90. The quantitative estimate of drug-likeness (QED) is 0.574. The third-order valence-corrected chi connectivity index (χ3v) is 2.88. The fourth-order valence-corrected chi connectivity index (χ4v) is 2.02. The van der Waals surface area contributed by atoms with Gasteiger partial charge in [-0.15, -0.1) is 0 Å². The van der Waals surface area contributed by atoms with E-state index in [2.05, 4.69) is 12.1 Å². The highest BCUT2D eigenvalue weighted by Crippen LogP contribution is 2.32. The van der Waals surface area contributed by atoms with Crippen molar-refractivity contribution in [2.45, 2.75) is 39.0 Å². The normalized spacial score (nSPS) is 21.9. The SMILES string of the molecule is CC(CCN=O)C1CCCC1. The maximum absolute atomic E-state index is 9.87. The van der Waals surface area contributed by atoms with E-state index in [0.29, 0.717) is 6.54 Å².